The van der Waals surface area contributed by atoms with Crippen molar-refractivity contribution >= 4 is 33.7 Å². The number of carbonyl (C=O) groups is 2. The number of nitrogens with zero attached hydrogens (tertiary/aromatic N) is 2. The molecule has 0 bridgehead atoms. The standard InChI is InChI=1S/C22H14N2O6/c25-19-11-9-15-5-1-3-7-17(15)23(19)29-21(27)13-14-22(28)30-24-18-8-4-2-6-16(18)10-12-20(24)26/h1-14H/b14-13-. The highest BCUT2D eigenvalue weighted by molar-refractivity contribution is 5.92. The fourth-order valence-corrected chi connectivity index (χ4v) is 2.89. The fraction of sp³-hybridized carbons (Fsp3) is 0. The zero-order valence-electron chi connectivity index (χ0n) is 15.4. The zero-order valence-corrected chi connectivity index (χ0v) is 15.4. The van der Waals surface area contributed by atoms with Crippen molar-refractivity contribution in [2.24, 2.45) is 0 Å². The molecule has 0 aliphatic rings. The maximum Gasteiger partial charge on any atom is 0.356 e. The molecule has 4 aromatic rings. The summed E-state index contributed by atoms with van der Waals surface area (Å²) in [7, 11) is 0. The summed E-state index contributed by atoms with van der Waals surface area (Å²) in [6, 6.07) is 19.5. The Hall–Kier alpha value is -4.46. The minimum Gasteiger partial charge on any atom is -0.328 e. The molecule has 0 N–H and O–H groups in total. The van der Waals surface area contributed by atoms with Gasteiger partial charge >= 0.3 is 11.9 Å². The Balaban J connectivity index is 1.53. The van der Waals surface area contributed by atoms with Crippen LogP contribution in [0.2, 0.25) is 0 Å². The molecule has 0 saturated carbocycles. The lowest BCUT2D eigenvalue weighted by Crippen LogP contribution is -2.31. The Labute approximate surface area is 168 Å². The molecule has 0 spiro atoms. The first-order valence-electron chi connectivity index (χ1n) is 8.87. The van der Waals surface area contributed by atoms with Crippen molar-refractivity contribution in [2.75, 3.05) is 0 Å². The van der Waals surface area contributed by atoms with E-state index in [0.29, 0.717) is 21.8 Å². The van der Waals surface area contributed by atoms with Gasteiger partial charge in [-0.1, -0.05) is 36.4 Å². The van der Waals surface area contributed by atoms with Crippen LogP contribution in [0.5, 0.6) is 0 Å². The van der Waals surface area contributed by atoms with Gasteiger partial charge in [-0.2, -0.15) is 0 Å². The van der Waals surface area contributed by atoms with E-state index in [2.05, 4.69) is 0 Å². The van der Waals surface area contributed by atoms with E-state index in [9.17, 15) is 19.2 Å². The third-order valence-corrected chi connectivity index (χ3v) is 4.24. The van der Waals surface area contributed by atoms with Gasteiger partial charge in [-0.05, 0) is 24.3 Å². The molecule has 0 aliphatic heterocycles. The van der Waals surface area contributed by atoms with Gasteiger partial charge in [0.25, 0.3) is 11.1 Å². The van der Waals surface area contributed by atoms with E-state index in [4.69, 9.17) is 9.68 Å². The van der Waals surface area contributed by atoms with Crippen LogP contribution in [-0.4, -0.2) is 21.4 Å². The van der Waals surface area contributed by atoms with Crippen LogP contribution < -0.4 is 20.8 Å². The van der Waals surface area contributed by atoms with Gasteiger partial charge in [-0.3, -0.25) is 9.59 Å². The molecule has 8 nitrogen and oxygen atoms in total. The highest BCUT2D eigenvalue weighted by atomic mass is 16.7. The van der Waals surface area contributed by atoms with Crippen molar-refractivity contribution in [3.63, 3.8) is 0 Å². The average Bonchev–Trinajstić information content (AvgIpc) is 2.76. The predicted molar refractivity (Wildman–Crippen MR) is 109 cm³/mol. The van der Waals surface area contributed by atoms with Gasteiger partial charge in [0.15, 0.2) is 0 Å². The lowest BCUT2D eigenvalue weighted by atomic mass is 10.2. The molecule has 0 aliphatic carbocycles. The second-order valence-corrected chi connectivity index (χ2v) is 6.20. The first-order valence-corrected chi connectivity index (χ1v) is 8.87. The molecule has 2 heterocycles. The summed E-state index contributed by atoms with van der Waals surface area (Å²) < 4.78 is 1.67. The van der Waals surface area contributed by atoms with E-state index in [0.717, 1.165) is 21.6 Å². The van der Waals surface area contributed by atoms with E-state index >= 15 is 0 Å². The summed E-state index contributed by atoms with van der Waals surface area (Å²) in [5.74, 6) is -1.92. The number of carbonyl (C=O) groups excluding carboxylic acids is 2. The van der Waals surface area contributed by atoms with Crippen LogP contribution in [0, 0.1) is 0 Å². The molecule has 0 fully saturated rings. The molecular formula is C22H14N2O6. The largest absolute Gasteiger partial charge is 0.356 e. The highest BCUT2D eigenvalue weighted by Gasteiger charge is 2.10. The summed E-state index contributed by atoms with van der Waals surface area (Å²) in [5, 5.41) is 1.40. The molecule has 148 valence electrons. The predicted octanol–water partition coefficient (Wildman–Crippen LogP) is 1.48. The Morgan fingerprint density at radius 1 is 0.600 bits per heavy atom. The number of fused-ring (bicyclic) bond motifs is 2. The highest BCUT2D eigenvalue weighted by Crippen LogP contribution is 2.10. The van der Waals surface area contributed by atoms with Crippen LogP contribution in [0.25, 0.3) is 21.8 Å². The second-order valence-electron chi connectivity index (χ2n) is 6.20. The number of hydrogen-bond donors (Lipinski definition) is 0. The monoisotopic (exact) mass is 402 g/mol. The molecule has 0 saturated heterocycles. The van der Waals surface area contributed by atoms with Crippen molar-refractivity contribution in [1.82, 2.24) is 9.46 Å². The number of pyridine rings is 2. The van der Waals surface area contributed by atoms with Crippen molar-refractivity contribution in [1.29, 1.82) is 0 Å². The van der Waals surface area contributed by atoms with E-state index in [-0.39, 0.29) is 0 Å². The van der Waals surface area contributed by atoms with Crippen LogP contribution in [0.4, 0.5) is 0 Å². The van der Waals surface area contributed by atoms with Gasteiger partial charge in [-0.15, -0.1) is 9.46 Å². The number of para-hydroxylation sites is 2. The Morgan fingerprint density at radius 2 is 1.00 bits per heavy atom. The van der Waals surface area contributed by atoms with Gasteiger partial charge in [0.1, 0.15) is 0 Å². The normalized spacial score (nSPS) is 11.1. The molecule has 0 atom stereocenters. The van der Waals surface area contributed by atoms with E-state index in [1.165, 1.54) is 12.1 Å². The van der Waals surface area contributed by atoms with Gasteiger partial charge in [0.2, 0.25) is 0 Å². The van der Waals surface area contributed by atoms with Gasteiger partial charge in [0.05, 0.1) is 11.0 Å². The van der Waals surface area contributed by atoms with Crippen LogP contribution in [0.3, 0.4) is 0 Å². The summed E-state index contributed by atoms with van der Waals surface area (Å²) in [5.41, 5.74) is -0.283. The molecule has 30 heavy (non-hydrogen) atoms. The van der Waals surface area contributed by atoms with Gasteiger partial charge in [-0.25, -0.2) is 9.59 Å². The molecule has 0 radical (unpaired) electrons. The molecule has 4 rings (SSSR count). The molecule has 8 heteroatoms. The van der Waals surface area contributed by atoms with Gasteiger partial charge < -0.3 is 9.68 Å². The van der Waals surface area contributed by atoms with Crippen molar-refractivity contribution in [3.8, 4) is 0 Å². The quantitative estimate of drug-likeness (QED) is 0.480. The maximum absolute atomic E-state index is 12.1. The fourth-order valence-electron chi connectivity index (χ4n) is 2.89. The second kappa shape index (κ2) is 7.88. The van der Waals surface area contributed by atoms with Crippen molar-refractivity contribution in [2.45, 2.75) is 0 Å². The van der Waals surface area contributed by atoms with Crippen LogP contribution in [0.15, 0.2) is 94.5 Å². The van der Waals surface area contributed by atoms with Crippen molar-refractivity contribution in [3.05, 3.63) is 106 Å². The van der Waals surface area contributed by atoms with E-state index in [1.54, 1.807) is 60.7 Å². The molecular weight excluding hydrogens is 388 g/mol. The SMILES string of the molecule is O=C(/C=C\C(=O)On1c(=O)ccc2ccccc21)On1c(=O)ccc2ccccc21. The minimum absolute atomic E-state index is 0.400. The summed E-state index contributed by atoms with van der Waals surface area (Å²) in [6.45, 7) is 0. The first-order chi connectivity index (χ1) is 14.5. The summed E-state index contributed by atoms with van der Waals surface area (Å²) in [4.78, 5) is 58.4. The lowest BCUT2D eigenvalue weighted by molar-refractivity contribution is -0.140. The zero-order chi connectivity index (χ0) is 21.1. The summed E-state index contributed by atoms with van der Waals surface area (Å²) in [6.07, 6.45) is 1.62. The number of rotatable bonds is 4. The Morgan fingerprint density at radius 3 is 1.43 bits per heavy atom. The first kappa shape index (κ1) is 18.9. The Bertz CT molecular complexity index is 1320. The lowest BCUT2D eigenvalue weighted by Gasteiger charge is -2.08. The average molecular weight is 402 g/mol. The topological polar surface area (TPSA) is 96.6 Å². The minimum atomic E-state index is -0.962. The third kappa shape index (κ3) is 3.74. The van der Waals surface area contributed by atoms with Crippen molar-refractivity contribution < 1.29 is 19.3 Å². The van der Waals surface area contributed by atoms with E-state index in [1.807, 2.05) is 0 Å². The maximum atomic E-state index is 12.1. The number of benzene rings is 2. The molecule has 0 amide bonds. The van der Waals surface area contributed by atoms with Crippen LogP contribution >= 0.6 is 0 Å². The molecule has 2 aromatic heterocycles. The van der Waals surface area contributed by atoms with Crippen LogP contribution in [0.1, 0.15) is 0 Å². The number of hydrogen-bond acceptors (Lipinski definition) is 6. The third-order valence-electron chi connectivity index (χ3n) is 4.24. The Kier molecular flexibility index (Phi) is 4.96. The molecule has 0 unspecified atom stereocenters. The van der Waals surface area contributed by atoms with E-state index < -0.39 is 23.1 Å². The van der Waals surface area contributed by atoms with Gasteiger partial charge in [0, 0.05) is 35.1 Å². The summed E-state index contributed by atoms with van der Waals surface area (Å²) >= 11 is 0. The molecule has 2 aromatic carbocycles. The smallest absolute Gasteiger partial charge is 0.328 e. The number of aromatic nitrogens is 2. The van der Waals surface area contributed by atoms with Crippen LogP contribution in [-0.2, 0) is 9.59 Å².